The number of carbonyl (C=O) groups excluding carboxylic acids is 2. The van der Waals surface area contributed by atoms with Crippen molar-refractivity contribution in [1.82, 2.24) is 4.90 Å². The molecule has 0 aromatic heterocycles. The molecule has 0 amide bonds. The number of hydrogen-bond donors (Lipinski definition) is 2. The minimum atomic E-state index is -0.441. The van der Waals surface area contributed by atoms with Crippen LogP contribution in [0.1, 0.15) is 220 Å². The third kappa shape index (κ3) is 27.1. The summed E-state index contributed by atoms with van der Waals surface area (Å²) in [5, 5.41) is 6.01. The van der Waals surface area contributed by atoms with Gasteiger partial charge in [0.25, 0.3) is 10.9 Å². The van der Waals surface area contributed by atoms with Crippen molar-refractivity contribution in [2.24, 2.45) is 5.92 Å². The molecule has 0 heterocycles. The van der Waals surface area contributed by atoms with Gasteiger partial charge in [0.1, 0.15) is 17.5 Å². The fraction of sp³-hybridized carbons (Fsp3) is 0.875. The Bertz CT molecular complexity index is 1170. The highest BCUT2D eigenvalue weighted by molar-refractivity contribution is 5.73. The van der Waals surface area contributed by atoms with Crippen molar-refractivity contribution >= 4 is 23.3 Å². The molecule has 0 bridgehead atoms. The van der Waals surface area contributed by atoms with Crippen LogP contribution in [0.4, 0.5) is 11.4 Å². The lowest BCUT2D eigenvalue weighted by molar-refractivity contribution is -0.150. The van der Waals surface area contributed by atoms with Gasteiger partial charge in [0.2, 0.25) is 0 Å². The van der Waals surface area contributed by atoms with Crippen molar-refractivity contribution in [3.8, 4) is 0 Å². The van der Waals surface area contributed by atoms with Crippen LogP contribution in [0.2, 0.25) is 0 Å². The number of ether oxygens (including phenoxy) is 2. The van der Waals surface area contributed by atoms with Gasteiger partial charge < -0.3 is 25.0 Å². The van der Waals surface area contributed by atoms with Crippen LogP contribution in [-0.2, 0) is 19.1 Å². The smallest absolute Gasteiger partial charge is 0.306 e. The Morgan fingerprint density at radius 3 is 1.60 bits per heavy atom. The Balaban J connectivity index is 2.38. The molecule has 0 radical (unpaired) electrons. The van der Waals surface area contributed by atoms with Gasteiger partial charge in [0.15, 0.2) is 0 Å². The summed E-state index contributed by atoms with van der Waals surface area (Å²) in [5.74, 6) is 0.629. The number of anilines is 2. The largest absolute Gasteiger partial charge is 0.466 e. The molecule has 57 heavy (non-hydrogen) atoms. The second kappa shape index (κ2) is 36.6. The van der Waals surface area contributed by atoms with Gasteiger partial charge in [0.05, 0.1) is 6.61 Å². The van der Waals surface area contributed by atoms with E-state index < -0.39 is 10.9 Å². The molecule has 9 nitrogen and oxygen atoms in total. The molecular formula is C48H89N3O6. The maximum atomic E-state index is 12.7. The Labute approximate surface area is 349 Å². The zero-order valence-electron chi connectivity index (χ0n) is 37.8. The van der Waals surface area contributed by atoms with Crippen LogP contribution in [0.5, 0.6) is 0 Å². The first-order valence-electron chi connectivity index (χ1n) is 24.1. The predicted molar refractivity (Wildman–Crippen MR) is 241 cm³/mol. The summed E-state index contributed by atoms with van der Waals surface area (Å²) in [5.41, 5.74) is -0.0643. The second-order valence-corrected chi connectivity index (χ2v) is 16.8. The van der Waals surface area contributed by atoms with E-state index >= 15 is 0 Å². The molecule has 0 spiro atoms. The first-order chi connectivity index (χ1) is 27.8. The van der Waals surface area contributed by atoms with Crippen molar-refractivity contribution in [1.29, 1.82) is 0 Å². The van der Waals surface area contributed by atoms with Gasteiger partial charge in [0, 0.05) is 26.4 Å². The summed E-state index contributed by atoms with van der Waals surface area (Å²) >= 11 is 0. The van der Waals surface area contributed by atoms with E-state index in [4.69, 9.17) is 9.47 Å². The first kappa shape index (κ1) is 52.6. The predicted octanol–water partition coefficient (Wildman–Crippen LogP) is 11.9. The Hall–Kier alpha value is -2.42. The third-order valence-corrected chi connectivity index (χ3v) is 11.6. The molecule has 0 fully saturated rings. The van der Waals surface area contributed by atoms with E-state index in [1.165, 1.54) is 77.0 Å². The van der Waals surface area contributed by atoms with Crippen molar-refractivity contribution in [3.05, 3.63) is 20.4 Å². The number of hydrogen-bond acceptors (Lipinski definition) is 9. The van der Waals surface area contributed by atoms with Gasteiger partial charge in [-0.1, -0.05) is 143 Å². The van der Waals surface area contributed by atoms with E-state index in [0.717, 1.165) is 122 Å². The summed E-state index contributed by atoms with van der Waals surface area (Å²) in [6.07, 6.45) is 32.9. The average molecular weight is 804 g/mol. The Morgan fingerprint density at radius 2 is 1.00 bits per heavy atom. The molecular weight excluding hydrogens is 715 g/mol. The molecule has 1 aromatic rings. The standard InChI is InChI=1S/C48H89N3O6/c1-6-10-14-17-23-32-42(31-22-11-7-2)57-44(53)34-25-19-16-21-27-38-51(39-28-36-50-46-45(49-5)47(54)48(46)55)37-26-20-15-18-24-33-43(52)56-40-35-41(29-12-8-3)30-13-9-4/h41-42,49-50H,6-40H2,1-5H3. The second-order valence-electron chi connectivity index (χ2n) is 16.8. The molecule has 1 unspecified atom stereocenters. The monoisotopic (exact) mass is 804 g/mol. The van der Waals surface area contributed by atoms with Gasteiger partial charge in [-0.2, -0.15) is 0 Å². The number of esters is 2. The maximum absolute atomic E-state index is 12.7. The lowest BCUT2D eigenvalue weighted by Gasteiger charge is -2.23. The molecule has 0 saturated carbocycles. The molecule has 0 saturated heterocycles. The summed E-state index contributed by atoms with van der Waals surface area (Å²) in [6.45, 7) is 13.2. The third-order valence-electron chi connectivity index (χ3n) is 11.6. The van der Waals surface area contributed by atoms with Crippen LogP contribution >= 0.6 is 0 Å². The summed E-state index contributed by atoms with van der Waals surface area (Å²) < 4.78 is 11.6. The molecule has 332 valence electrons. The van der Waals surface area contributed by atoms with Gasteiger partial charge in [-0.3, -0.25) is 19.2 Å². The van der Waals surface area contributed by atoms with Gasteiger partial charge >= 0.3 is 11.9 Å². The number of unbranched alkanes of at least 4 members (excludes halogenated alkanes) is 16. The molecule has 0 aliphatic carbocycles. The van der Waals surface area contributed by atoms with Crippen molar-refractivity contribution in [2.75, 3.05) is 50.5 Å². The highest BCUT2D eigenvalue weighted by Gasteiger charge is 2.19. The molecule has 1 atom stereocenters. The van der Waals surface area contributed by atoms with Crippen LogP contribution in [-0.4, -0.2) is 62.8 Å². The number of carbonyl (C=O) groups is 2. The first-order valence-corrected chi connectivity index (χ1v) is 24.1. The fourth-order valence-electron chi connectivity index (χ4n) is 7.86. The van der Waals surface area contributed by atoms with E-state index in [9.17, 15) is 19.2 Å². The van der Waals surface area contributed by atoms with Gasteiger partial charge in [-0.25, -0.2) is 0 Å². The van der Waals surface area contributed by atoms with E-state index in [1.807, 2.05) is 0 Å². The Kier molecular flexibility index (Phi) is 33.8. The molecule has 1 rings (SSSR count). The fourth-order valence-corrected chi connectivity index (χ4v) is 7.86. The molecule has 1 aromatic carbocycles. The minimum absolute atomic E-state index is 0.0145. The van der Waals surface area contributed by atoms with Crippen molar-refractivity contribution in [3.63, 3.8) is 0 Å². The van der Waals surface area contributed by atoms with E-state index in [1.54, 1.807) is 7.05 Å². The van der Waals surface area contributed by atoms with Crippen LogP contribution in [0.15, 0.2) is 9.59 Å². The van der Waals surface area contributed by atoms with Gasteiger partial charge in [-0.05, 0) is 89.8 Å². The lowest BCUT2D eigenvalue weighted by Crippen LogP contribution is -2.37. The van der Waals surface area contributed by atoms with Crippen LogP contribution in [0.3, 0.4) is 0 Å². The SMILES string of the molecule is CCCCCCCC(CCCCC)OC(=O)CCCCCCCN(CCCCCCCC(=O)OCCC(CCCC)CCCC)CCCNc1c(NC)c(=O)c1=O. The number of nitrogens with one attached hydrogen (secondary N) is 2. The van der Waals surface area contributed by atoms with E-state index in [0.29, 0.717) is 43.3 Å². The van der Waals surface area contributed by atoms with E-state index in [2.05, 4.69) is 43.2 Å². The maximum Gasteiger partial charge on any atom is 0.306 e. The van der Waals surface area contributed by atoms with Crippen molar-refractivity contribution < 1.29 is 19.1 Å². The Morgan fingerprint density at radius 1 is 0.526 bits per heavy atom. The zero-order valence-corrected chi connectivity index (χ0v) is 37.8. The summed E-state index contributed by atoms with van der Waals surface area (Å²) in [6, 6.07) is 0. The molecule has 9 heteroatoms. The van der Waals surface area contributed by atoms with Gasteiger partial charge in [-0.15, -0.1) is 0 Å². The van der Waals surface area contributed by atoms with Crippen molar-refractivity contribution in [2.45, 2.75) is 226 Å². The molecule has 0 aliphatic heterocycles. The highest BCUT2D eigenvalue weighted by Crippen LogP contribution is 2.21. The zero-order chi connectivity index (χ0) is 41.8. The molecule has 0 aliphatic rings. The lowest BCUT2D eigenvalue weighted by atomic mass is 9.93. The van der Waals surface area contributed by atoms with Crippen LogP contribution in [0, 0.1) is 5.92 Å². The summed E-state index contributed by atoms with van der Waals surface area (Å²) in [7, 11) is 1.67. The van der Waals surface area contributed by atoms with Crippen LogP contribution in [0.25, 0.3) is 0 Å². The average Bonchev–Trinajstić information content (AvgIpc) is 3.21. The molecule has 2 N–H and O–H groups in total. The number of nitrogens with zero attached hydrogens (tertiary/aromatic N) is 1. The highest BCUT2D eigenvalue weighted by atomic mass is 16.5. The number of rotatable bonds is 42. The summed E-state index contributed by atoms with van der Waals surface area (Å²) in [4.78, 5) is 51.3. The minimum Gasteiger partial charge on any atom is -0.466 e. The quantitative estimate of drug-likeness (QED) is 0.0379. The normalized spacial score (nSPS) is 12.1. The van der Waals surface area contributed by atoms with Crippen LogP contribution < -0.4 is 21.5 Å². The van der Waals surface area contributed by atoms with E-state index in [-0.39, 0.29) is 18.0 Å². The topological polar surface area (TPSA) is 114 Å².